The lowest BCUT2D eigenvalue weighted by Gasteiger charge is -2.12. The van der Waals surface area contributed by atoms with Gasteiger partial charge in [0.1, 0.15) is 11.0 Å². The lowest BCUT2D eigenvalue weighted by molar-refractivity contribution is 0.619. The summed E-state index contributed by atoms with van der Waals surface area (Å²) in [5.74, 6) is 2.81. The Bertz CT molecular complexity index is 3340. The van der Waals surface area contributed by atoms with E-state index in [1.807, 2.05) is 84.9 Å². The number of hydrogen-bond donors (Lipinski definition) is 0. The molecule has 8 nitrogen and oxygen atoms in total. The fourth-order valence-corrected chi connectivity index (χ4v) is 8.19. The molecule has 8 heteroatoms. The minimum absolute atomic E-state index is 0.532. The van der Waals surface area contributed by atoms with E-state index in [1.54, 1.807) is 0 Å². The Morgan fingerprint density at radius 3 is 1.15 bits per heavy atom. The first-order chi connectivity index (χ1) is 30.2. The van der Waals surface area contributed by atoms with Crippen molar-refractivity contribution in [3.8, 4) is 73.9 Å². The van der Waals surface area contributed by atoms with Crippen LogP contribution in [0.15, 0.2) is 203 Å². The van der Waals surface area contributed by atoms with Gasteiger partial charge in [-0.2, -0.15) is 9.97 Å². The zero-order chi connectivity index (χ0) is 40.3. The van der Waals surface area contributed by atoms with Crippen LogP contribution in [0.25, 0.3) is 118 Å². The summed E-state index contributed by atoms with van der Waals surface area (Å²) in [5, 5.41) is 2.26. The molecule has 0 saturated carbocycles. The predicted octanol–water partition coefficient (Wildman–Crippen LogP) is 13.3. The van der Waals surface area contributed by atoms with Crippen molar-refractivity contribution >= 4 is 44.0 Å². The summed E-state index contributed by atoms with van der Waals surface area (Å²) in [6.07, 6.45) is 0. The highest BCUT2D eigenvalue weighted by atomic mass is 16.4. The minimum atomic E-state index is 0.532. The molecule has 0 radical (unpaired) electrons. The van der Waals surface area contributed by atoms with Crippen LogP contribution in [-0.4, -0.2) is 29.5 Å². The number of rotatable bonds is 7. The van der Waals surface area contributed by atoms with Gasteiger partial charge < -0.3 is 8.83 Å². The van der Waals surface area contributed by atoms with Gasteiger partial charge in [0.15, 0.2) is 22.8 Å². The quantitative estimate of drug-likeness (QED) is 0.159. The average molecular weight is 785 g/mol. The molecule has 0 fully saturated rings. The van der Waals surface area contributed by atoms with Gasteiger partial charge in [0.2, 0.25) is 17.7 Å². The van der Waals surface area contributed by atoms with E-state index in [-0.39, 0.29) is 0 Å². The fourth-order valence-electron chi connectivity index (χ4n) is 8.19. The van der Waals surface area contributed by atoms with E-state index in [1.165, 1.54) is 0 Å². The molecule has 0 spiro atoms. The van der Waals surface area contributed by atoms with Gasteiger partial charge in [0.05, 0.1) is 11.0 Å². The topological polar surface area (TPSA) is 95.7 Å². The molecule has 0 unspecified atom stereocenters. The number of benzene rings is 8. The third kappa shape index (κ3) is 6.13. The second kappa shape index (κ2) is 14.1. The Balaban J connectivity index is 0.990. The summed E-state index contributed by atoms with van der Waals surface area (Å²) >= 11 is 0. The van der Waals surface area contributed by atoms with Crippen molar-refractivity contribution in [2.45, 2.75) is 0 Å². The van der Waals surface area contributed by atoms with Gasteiger partial charge >= 0.3 is 0 Å². The van der Waals surface area contributed by atoms with E-state index in [0.717, 1.165) is 88.5 Å². The summed E-state index contributed by atoms with van der Waals surface area (Å²) < 4.78 is 14.4. The first-order valence-electron chi connectivity index (χ1n) is 20.1. The van der Waals surface area contributed by atoms with E-state index in [2.05, 4.69) is 114 Å². The standard InChI is InChI=1S/C53H32N6O2/c1-5-25-45-41(21-1)42-22-2-6-26-46(42)59(45)53-57-49(37-17-9-13-33(29-37)35-15-11-19-39(31-35)51-54-43-23-3-7-27-47(43)60-51)56-50(58-53)38-18-10-14-34(30-38)36-16-12-20-40(32-36)52-55-44-24-4-8-28-48(44)61-52/h1-32H. The Morgan fingerprint density at radius 1 is 0.311 bits per heavy atom. The molecule has 0 saturated heterocycles. The summed E-state index contributed by atoms with van der Waals surface area (Å²) in [6.45, 7) is 0. The first kappa shape index (κ1) is 34.5. The monoisotopic (exact) mass is 784 g/mol. The van der Waals surface area contributed by atoms with E-state index in [0.29, 0.717) is 29.4 Å². The normalized spacial score (nSPS) is 11.6. The second-order valence-electron chi connectivity index (χ2n) is 14.9. The third-order valence-corrected chi connectivity index (χ3v) is 11.1. The summed E-state index contributed by atoms with van der Waals surface area (Å²) in [4.78, 5) is 25.2. The molecule has 61 heavy (non-hydrogen) atoms. The second-order valence-corrected chi connectivity index (χ2v) is 14.9. The molecule has 0 aliphatic carbocycles. The van der Waals surface area contributed by atoms with Gasteiger partial charge in [-0.05, 0) is 95.1 Å². The highest BCUT2D eigenvalue weighted by molar-refractivity contribution is 6.09. The maximum Gasteiger partial charge on any atom is 0.238 e. The Kier molecular flexibility index (Phi) is 7.99. The van der Waals surface area contributed by atoms with Crippen molar-refractivity contribution in [2.75, 3.05) is 0 Å². The van der Waals surface area contributed by atoms with Crippen LogP contribution in [-0.2, 0) is 0 Å². The summed E-state index contributed by atoms with van der Waals surface area (Å²) in [6, 6.07) is 65.6. The molecule has 0 atom stereocenters. The van der Waals surface area contributed by atoms with Crippen LogP contribution < -0.4 is 0 Å². The number of aromatic nitrogens is 6. The number of oxazole rings is 2. The lowest BCUT2D eigenvalue weighted by atomic mass is 10.00. The molecule has 0 aliphatic heterocycles. The van der Waals surface area contributed by atoms with Gasteiger partial charge in [-0.3, -0.25) is 4.57 Å². The van der Waals surface area contributed by atoms with Gasteiger partial charge in [-0.25, -0.2) is 15.0 Å². The van der Waals surface area contributed by atoms with Gasteiger partial charge in [0, 0.05) is 33.0 Å². The van der Waals surface area contributed by atoms with E-state index >= 15 is 0 Å². The smallest absolute Gasteiger partial charge is 0.238 e. The summed E-state index contributed by atoms with van der Waals surface area (Å²) in [7, 11) is 0. The largest absolute Gasteiger partial charge is 0.436 e. The molecule has 12 aromatic rings. The van der Waals surface area contributed by atoms with Crippen molar-refractivity contribution in [1.29, 1.82) is 0 Å². The molecule has 0 N–H and O–H groups in total. The molecule has 4 heterocycles. The predicted molar refractivity (Wildman–Crippen MR) is 242 cm³/mol. The minimum Gasteiger partial charge on any atom is -0.436 e. The molecule has 12 rings (SSSR count). The lowest BCUT2D eigenvalue weighted by Crippen LogP contribution is -2.06. The Hall–Kier alpha value is -8.49. The van der Waals surface area contributed by atoms with Crippen LogP contribution in [0, 0.1) is 0 Å². The number of para-hydroxylation sites is 6. The van der Waals surface area contributed by atoms with Crippen LogP contribution in [0.3, 0.4) is 0 Å². The molecular weight excluding hydrogens is 753 g/mol. The number of nitrogens with zero attached hydrogens (tertiary/aromatic N) is 6. The zero-order valence-electron chi connectivity index (χ0n) is 32.5. The number of fused-ring (bicyclic) bond motifs is 5. The first-order valence-corrected chi connectivity index (χ1v) is 20.1. The average Bonchev–Trinajstić information content (AvgIpc) is 4.06. The van der Waals surface area contributed by atoms with Gasteiger partial charge in [-0.1, -0.05) is 121 Å². The molecule has 0 aliphatic rings. The molecule has 4 aromatic heterocycles. The maximum atomic E-state index is 6.13. The molecule has 8 aromatic carbocycles. The maximum absolute atomic E-state index is 6.13. The van der Waals surface area contributed by atoms with Gasteiger partial charge in [0.25, 0.3) is 0 Å². The summed E-state index contributed by atoms with van der Waals surface area (Å²) in [5.41, 5.74) is 12.8. The van der Waals surface area contributed by atoms with E-state index in [9.17, 15) is 0 Å². The van der Waals surface area contributed by atoms with Crippen molar-refractivity contribution in [3.05, 3.63) is 194 Å². The molecular formula is C53H32N6O2. The van der Waals surface area contributed by atoms with Crippen molar-refractivity contribution in [1.82, 2.24) is 29.5 Å². The number of hydrogen-bond acceptors (Lipinski definition) is 7. The van der Waals surface area contributed by atoms with Crippen LogP contribution in [0.2, 0.25) is 0 Å². The highest BCUT2D eigenvalue weighted by Gasteiger charge is 2.19. The molecule has 286 valence electrons. The third-order valence-electron chi connectivity index (χ3n) is 11.1. The zero-order valence-corrected chi connectivity index (χ0v) is 32.5. The van der Waals surface area contributed by atoms with E-state index < -0.39 is 0 Å². The van der Waals surface area contributed by atoms with Crippen LogP contribution in [0.1, 0.15) is 0 Å². The fraction of sp³-hybridized carbons (Fsp3) is 0. The van der Waals surface area contributed by atoms with Crippen LogP contribution >= 0.6 is 0 Å². The Morgan fingerprint density at radius 2 is 0.689 bits per heavy atom. The van der Waals surface area contributed by atoms with Crippen molar-refractivity contribution in [2.24, 2.45) is 0 Å². The molecule has 0 bridgehead atoms. The van der Waals surface area contributed by atoms with Crippen LogP contribution in [0.5, 0.6) is 0 Å². The van der Waals surface area contributed by atoms with Crippen molar-refractivity contribution < 1.29 is 8.83 Å². The molecule has 0 amide bonds. The van der Waals surface area contributed by atoms with E-state index in [4.69, 9.17) is 33.8 Å². The van der Waals surface area contributed by atoms with Crippen molar-refractivity contribution in [3.63, 3.8) is 0 Å². The SMILES string of the molecule is c1cc(-c2cccc(-c3nc4ccccc4o3)c2)cc(-c2nc(-c3cccc(-c4cccc(-c5nc6ccccc6o5)c4)c3)nc(-n3c4ccccc4c4ccccc43)n2)c1. The van der Waals surface area contributed by atoms with Gasteiger partial charge in [-0.15, -0.1) is 0 Å². The van der Waals surface area contributed by atoms with Crippen LogP contribution in [0.4, 0.5) is 0 Å². The highest BCUT2D eigenvalue weighted by Crippen LogP contribution is 2.35. The Labute approximate surface area is 349 Å².